The smallest absolute Gasteiger partial charge is 0.251 e. The van der Waals surface area contributed by atoms with Crippen molar-refractivity contribution in [2.24, 2.45) is 5.92 Å². The average Bonchev–Trinajstić information content (AvgIpc) is 3.34. The van der Waals surface area contributed by atoms with Crippen LogP contribution in [0.2, 0.25) is 0 Å². The number of anilines is 2. The zero-order chi connectivity index (χ0) is 21.9. The number of hydrogen-bond donors (Lipinski definition) is 1. The maximum absolute atomic E-state index is 12.5. The van der Waals surface area contributed by atoms with E-state index in [1.165, 1.54) is 5.56 Å². The molecule has 168 valence electrons. The molecule has 3 aliphatic heterocycles. The van der Waals surface area contributed by atoms with Crippen LogP contribution in [-0.2, 0) is 14.3 Å². The van der Waals surface area contributed by atoms with Crippen LogP contribution in [0, 0.1) is 5.92 Å². The normalized spacial score (nSPS) is 21.9. The molecule has 2 amide bonds. The fourth-order valence-corrected chi connectivity index (χ4v) is 4.79. The second kappa shape index (κ2) is 9.24. The van der Waals surface area contributed by atoms with Crippen LogP contribution in [0.3, 0.4) is 0 Å². The molecule has 3 saturated heterocycles. The van der Waals surface area contributed by atoms with E-state index in [2.05, 4.69) is 32.5 Å². The number of nitrogens with zero attached hydrogens (tertiary/aromatic N) is 4. The van der Waals surface area contributed by atoms with Gasteiger partial charge in [-0.2, -0.15) is 5.10 Å². The highest BCUT2D eigenvalue weighted by molar-refractivity contribution is 5.94. The van der Waals surface area contributed by atoms with E-state index < -0.39 is 0 Å². The maximum atomic E-state index is 12.5. The SMILES string of the molecule is O=C(Nc1ccc(C2CCN(C(=O)C3CCCO3)CC2)cc1)C1CN(c2cccnn2)C1. The standard InChI is InChI=1S/C24H29N5O3/c30-23(19-15-29(16-19)22-4-1-11-25-27-22)26-20-7-5-17(6-8-20)18-9-12-28(13-10-18)24(31)21-3-2-14-32-21/h1,4-8,11,18-19,21H,2-3,9-10,12-16H2,(H,26,30). The van der Waals surface area contributed by atoms with Crippen LogP contribution in [0.25, 0.3) is 0 Å². The molecule has 0 spiro atoms. The molecule has 0 saturated carbocycles. The lowest BCUT2D eigenvalue weighted by molar-refractivity contribution is -0.142. The Kier molecular flexibility index (Phi) is 6.03. The summed E-state index contributed by atoms with van der Waals surface area (Å²) in [6, 6.07) is 11.9. The summed E-state index contributed by atoms with van der Waals surface area (Å²) in [5, 5.41) is 11.0. The molecule has 1 atom stereocenters. The summed E-state index contributed by atoms with van der Waals surface area (Å²) >= 11 is 0. The van der Waals surface area contributed by atoms with Gasteiger partial charge >= 0.3 is 0 Å². The van der Waals surface area contributed by atoms with Gasteiger partial charge in [-0.15, -0.1) is 5.10 Å². The third kappa shape index (κ3) is 4.46. The summed E-state index contributed by atoms with van der Waals surface area (Å²) in [6.07, 6.45) is 5.18. The number of nitrogens with one attached hydrogen (secondary N) is 1. The molecule has 8 heteroatoms. The van der Waals surface area contributed by atoms with Crippen molar-refractivity contribution in [2.45, 2.75) is 37.7 Å². The van der Waals surface area contributed by atoms with Crippen LogP contribution in [0.15, 0.2) is 42.6 Å². The molecule has 0 radical (unpaired) electrons. The van der Waals surface area contributed by atoms with Gasteiger partial charge < -0.3 is 19.9 Å². The second-order valence-corrected chi connectivity index (χ2v) is 8.90. The molecule has 1 N–H and O–H groups in total. The Balaban J connectivity index is 1.09. The first-order valence-corrected chi connectivity index (χ1v) is 11.5. The van der Waals surface area contributed by atoms with Gasteiger partial charge in [-0.1, -0.05) is 12.1 Å². The minimum absolute atomic E-state index is 0.0394. The zero-order valence-electron chi connectivity index (χ0n) is 18.2. The van der Waals surface area contributed by atoms with Crippen LogP contribution in [0.4, 0.5) is 11.5 Å². The van der Waals surface area contributed by atoms with Gasteiger partial charge in [-0.3, -0.25) is 9.59 Å². The number of rotatable bonds is 5. The van der Waals surface area contributed by atoms with E-state index >= 15 is 0 Å². The molecular weight excluding hydrogens is 406 g/mol. The van der Waals surface area contributed by atoms with Gasteiger partial charge in [0.15, 0.2) is 5.82 Å². The number of benzene rings is 1. The van der Waals surface area contributed by atoms with Gasteiger partial charge in [0.05, 0.1) is 5.92 Å². The predicted molar refractivity (Wildman–Crippen MR) is 120 cm³/mol. The molecule has 3 aliphatic rings. The van der Waals surface area contributed by atoms with Crippen LogP contribution < -0.4 is 10.2 Å². The molecule has 0 aliphatic carbocycles. The molecule has 1 aromatic heterocycles. The van der Waals surface area contributed by atoms with Crippen molar-refractivity contribution >= 4 is 23.3 Å². The second-order valence-electron chi connectivity index (χ2n) is 8.90. The van der Waals surface area contributed by atoms with Crippen LogP contribution in [-0.4, -0.2) is 65.8 Å². The van der Waals surface area contributed by atoms with Gasteiger partial charge in [0.2, 0.25) is 5.91 Å². The molecular formula is C24H29N5O3. The molecule has 0 bridgehead atoms. The molecule has 4 heterocycles. The van der Waals surface area contributed by atoms with Crippen molar-refractivity contribution in [3.63, 3.8) is 0 Å². The number of carbonyl (C=O) groups excluding carboxylic acids is 2. The van der Waals surface area contributed by atoms with E-state index in [-0.39, 0.29) is 23.8 Å². The first-order chi connectivity index (χ1) is 15.7. The van der Waals surface area contributed by atoms with E-state index in [1.807, 2.05) is 29.2 Å². The fourth-order valence-electron chi connectivity index (χ4n) is 4.79. The largest absolute Gasteiger partial charge is 0.368 e. The first kappa shape index (κ1) is 20.9. The molecule has 8 nitrogen and oxygen atoms in total. The van der Waals surface area contributed by atoms with Gasteiger partial charge in [0.25, 0.3) is 5.91 Å². The van der Waals surface area contributed by atoms with Crippen molar-refractivity contribution in [3.8, 4) is 0 Å². The van der Waals surface area contributed by atoms with Crippen molar-refractivity contribution in [1.82, 2.24) is 15.1 Å². The Morgan fingerprint density at radius 3 is 2.47 bits per heavy atom. The van der Waals surface area contributed by atoms with Crippen molar-refractivity contribution in [2.75, 3.05) is 43.0 Å². The summed E-state index contributed by atoms with van der Waals surface area (Å²) in [6.45, 7) is 3.59. The van der Waals surface area contributed by atoms with Crippen LogP contribution in [0.1, 0.15) is 37.2 Å². The first-order valence-electron chi connectivity index (χ1n) is 11.5. The third-order valence-electron chi connectivity index (χ3n) is 6.80. The Hall–Kier alpha value is -3.00. The summed E-state index contributed by atoms with van der Waals surface area (Å²) in [4.78, 5) is 29.1. The molecule has 1 unspecified atom stereocenters. The topological polar surface area (TPSA) is 87.7 Å². The Morgan fingerprint density at radius 2 is 1.81 bits per heavy atom. The third-order valence-corrected chi connectivity index (χ3v) is 6.80. The number of carbonyl (C=O) groups is 2. The number of amides is 2. The van der Waals surface area contributed by atoms with Crippen molar-refractivity contribution < 1.29 is 14.3 Å². The van der Waals surface area contributed by atoms with E-state index in [1.54, 1.807) is 6.20 Å². The number of ether oxygens (including phenoxy) is 1. The van der Waals surface area contributed by atoms with E-state index in [0.717, 1.165) is 50.3 Å². The monoisotopic (exact) mass is 435 g/mol. The van der Waals surface area contributed by atoms with Crippen LogP contribution >= 0.6 is 0 Å². The minimum Gasteiger partial charge on any atom is -0.368 e. The lowest BCUT2D eigenvalue weighted by Crippen LogP contribution is -2.52. The molecule has 3 fully saturated rings. The Bertz CT molecular complexity index is 932. The zero-order valence-corrected chi connectivity index (χ0v) is 18.2. The number of likely N-dealkylation sites (tertiary alicyclic amines) is 1. The number of aromatic nitrogens is 2. The number of hydrogen-bond acceptors (Lipinski definition) is 6. The lowest BCUT2D eigenvalue weighted by Gasteiger charge is -2.38. The van der Waals surface area contributed by atoms with Gasteiger partial charge in [0, 0.05) is 44.7 Å². The summed E-state index contributed by atoms with van der Waals surface area (Å²) in [7, 11) is 0. The quantitative estimate of drug-likeness (QED) is 0.776. The van der Waals surface area contributed by atoms with Crippen LogP contribution in [0.5, 0.6) is 0 Å². The highest BCUT2D eigenvalue weighted by atomic mass is 16.5. The molecule has 32 heavy (non-hydrogen) atoms. The number of piperidine rings is 1. The fraction of sp³-hybridized carbons (Fsp3) is 0.500. The maximum Gasteiger partial charge on any atom is 0.251 e. The van der Waals surface area contributed by atoms with Crippen molar-refractivity contribution in [3.05, 3.63) is 48.2 Å². The van der Waals surface area contributed by atoms with Gasteiger partial charge in [0.1, 0.15) is 6.10 Å². The highest BCUT2D eigenvalue weighted by Crippen LogP contribution is 2.30. The minimum atomic E-state index is -0.224. The van der Waals surface area contributed by atoms with E-state index in [4.69, 9.17) is 4.74 Å². The van der Waals surface area contributed by atoms with E-state index in [9.17, 15) is 9.59 Å². The van der Waals surface area contributed by atoms with Gasteiger partial charge in [-0.05, 0) is 61.4 Å². The summed E-state index contributed by atoms with van der Waals surface area (Å²) < 4.78 is 5.55. The summed E-state index contributed by atoms with van der Waals surface area (Å²) in [5.41, 5.74) is 2.09. The Labute approximate surface area is 187 Å². The average molecular weight is 436 g/mol. The molecule has 1 aromatic carbocycles. The lowest BCUT2D eigenvalue weighted by atomic mass is 9.89. The van der Waals surface area contributed by atoms with Crippen molar-refractivity contribution in [1.29, 1.82) is 0 Å². The predicted octanol–water partition coefficient (Wildman–Crippen LogP) is 2.44. The molecule has 2 aromatic rings. The highest BCUT2D eigenvalue weighted by Gasteiger charge is 2.34. The van der Waals surface area contributed by atoms with Gasteiger partial charge in [-0.25, -0.2) is 0 Å². The Morgan fingerprint density at radius 1 is 1.03 bits per heavy atom. The van der Waals surface area contributed by atoms with E-state index in [0.29, 0.717) is 25.6 Å². The summed E-state index contributed by atoms with van der Waals surface area (Å²) in [5.74, 6) is 1.42. The molecule has 5 rings (SSSR count).